The van der Waals surface area contributed by atoms with E-state index in [1.54, 1.807) is 0 Å². The summed E-state index contributed by atoms with van der Waals surface area (Å²) in [5.74, 6) is -2.50. The first kappa shape index (κ1) is 15.7. The quantitative estimate of drug-likeness (QED) is 0.877. The van der Waals surface area contributed by atoms with Crippen LogP contribution in [0, 0.1) is 5.82 Å². The van der Waals surface area contributed by atoms with Gasteiger partial charge in [0.1, 0.15) is 5.82 Å². The van der Waals surface area contributed by atoms with E-state index >= 15 is 0 Å². The fraction of sp³-hybridized carbons (Fsp3) is 0.333. The van der Waals surface area contributed by atoms with Gasteiger partial charge in [-0.3, -0.25) is 0 Å². The Morgan fingerprint density at radius 2 is 2.00 bits per heavy atom. The number of aliphatic hydroxyl groups excluding tert-OH is 1. The van der Waals surface area contributed by atoms with Crippen LogP contribution in [0.1, 0.15) is 18.7 Å². The molecule has 0 saturated carbocycles. The molecule has 1 N–H and O–H groups in total. The molecule has 21 heavy (non-hydrogen) atoms. The van der Waals surface area contributed by atoms with E-state index in [1.165, 1.54) is 12.1 Å². The van der Waals surface area contributed by atoms with E-state index in [2.05, 4.69) is 10.1 Å². The molecular formula is C12H9ClF4N2O2. The zero-order valence-corrected chi connectivity index (χ0v) is 11.3. The van der Waals surface area contributed by atoms with Crippen LogP contribution in [-0.4, -0.2) is 27.5 Å². The van der Waals surface area contributed by atoms with Crippen molar-refractivity contribution in [3.05, 3.63) is 34.9 Å². The van der Waals surface area contributed by atoms with Crippen LogP contribution in [0.5, 0.6) is 0 Å². The van der Waals surface area contributed by atoms with Crippen LogP contribution in [0.4, 0.5) is 17.6 Å². The summed E-state index contributed by atoms with van der Waals surface area (Å²) in [6.07, 6.45) is -7.42. The summed E-state index contributed by atoms with van der Waals surface area (Å²) in [4.78, 5) is 3.77. The van der Waals surface area contributed by atoms with E-state index in [4.69, 9.17) is 21.2 Å². The minimum atomic E-state index is -4.80. The second-order valence-corrected chi connectivity index (χ2v) is 4.77. The lowest BCUT2D eigenvalue weighted by Gasteiger charge is -2.17. The van der Waals surface area contributed by atoms with E-state index in [0.29, 0.717) is 0 Å². The molecule has 2 atom stereocenters. The third-order valence-electron chi connectivity index (χ3n) is 2.82. The van der Waals surface area contributed by atoms with Gasteiger partial charge in [-0.15, -0.1) is 0 Å². The van der Waals surface area contributed by atoms with Gasteiger partial charge in [0.05, 0.1) is 10.9 Å². The third-order valence-corrected chi connectivity index (χ3v) is 3.11. The number of alkyl halides is 3. The largest absolute Gasteiger partial charge is 0.415 e. The molecule has 0 amide bonds. The Morgan fingerprint density at radius 1 is 1.33 bits per heavy atom. The van der Waals surface area contributed by atoms with E-state index in [9.17, 15) is 17.6 Å². The molecule has 0 spiro atoms. The van der Waals surface area contributed by atoms with Gasteiger partial charge < -0.3 is 9.63 Å². The van der Waals surface area contributed by atoms with Crippen molar-refractivity contribution in [3.8, 4) is 11.4 Å². The van der Waals surface area contributed by atoms with Gasteiger partial charge in [-0.2, -0.15) is 18.2 Å². The molecule has 0 saturated heterocycles. The molecule has 0 bridgehead atoms. The second kappa shape index (κ2) is 5.61. The number of hydrogen-bond donors (Lipinski definition) is 1. The molecular weight excluding hydrogens is 316 g/mol. The first-order valence-corrected chi connectivity index (χ1v) is 6.11. The third kappa shape index (κ3) is 3.33. The molecule has 9 heteroatoms. The standard InChI is InChI=1S/C12H9ClF4N2O2/c1-5(9(20)12(15,16)17)11-18-10(19-21-11)6-2-3-8(14)7(13)4-6/h2-5,9,20H,1H3. The Morgan fingerprint density at radius 3 is 2.57 bits per heavy atom. The Labute approximate surface area is 121 Å². The first-order valence-electron chi connectivity index (χ1n) is 5.74. The van der Waals surface area contributed by atoms with Gasteiger partial charge in [-0.25, -0.2) is 4.39 Å². The number of hydrogen-bond acceptors (Lipinski definition) is 4. The highest BCUT2D eigenvalue weighted by molar-refractivity contribution is 6.31. The van der Waals surface area contributed by atoms with Crippen molar-refractivity contribution in [2.45, 2.75) is 25.1 Å². The molecule has 0 aliphatic carbocycles. The van der Waals surface area contributed by atoms with Gasteiger partial charge in [-0.1, -0.05) is 23.7 Å². The molecule has 114 valence electrons. The Kier molecular flexibility index (Phi) is 4.20. The van der Waals surface area contributed by atoms with Gasteiger partial charge in [0.15, 0.2) is 6.10 Å². The lowest BCUT2D eigenvalue weighted by atomic mass is 10.0. The molecule has 0 radical (unpaired) electrons. The average Bonchev–Trinajstić information content (AvgIpc) is 2.88. The summed E-state index contributed by atoms with van der Waals surface area (Å²) >= 11 is 5.59. The van der Waals surface area contributed by atoms with Crippen molar-refractivity contribution in [2.24, 2.45) is 0 Å². The van der Waals surface area contributed by atoms with Crippen LogP contribution in [0.3, 0.4) is 0 Å². The predicted octanol–water partition coefficient (Wildman–Crippen LogP) is 3.56. The number of aromatic nitrogens is 2. The number of rotatable bonds is 3. The topological polar surface area (TPSA) is 59.2 Å². The van der Waals surface area contributed by atoms with E-state index < -0.39 is 24.0 Å². The summed E-state index contributed by atoms with van der Waals surface area (Å²) in [5.41, 5.74) is 0.282. The summed E-state index contributed by atoms with van der Waals surface area (Å²) in [6.45, 7) is 1.10. The highest BCUT2D eigenvalue weighted by atomic mass is 35.5. The number of nitrogens with zero attached hydrogens (tertiary/aromatic N) is 2. The van der Waals surface area contributed by atoms with Crippen molar-refractivity contribution in [2.75, 3.05) is 0 Å². The Hall–Kier alpha value is -1.67. The SMILES string of the molecule is CC(c1nc(-c2ccc(F)c(Cl)c2)no1)C(O)C(F)(F)F. The number of aliphatic hydroxyl groups is 1. The van der Waals surface area contributed by atoms with Gasteiger partial charge in [0.25, 0.3) is 0 Å². The maximum atomic E-state index is 13.0. The maximum Gasteiger partial charge on any atom is 0.415 e. The highest BCUT2D eigenvalue weighted by Crippen LogP contribution is 2.32. The van der Waals surface area contributed by atoms with Gasteiger partial charge in [0, 0.05) is 5.56 Å². The Balaban J connectivity index is 2.27. The van der Waals surface area contributed by atoms with Crippen LogP contribution in [-0.2, 0) is 0 Å². The summed E-state index contributed by atoms with van der Waals surface area (Å²) in [5, 5.41) is 12.5. The smallest absolute Gasteiger partial charge is 0.383 e. The number of halogens is 5. The van der Waals surface area contributed by atoms with E-state index in [0.717, 1.165) is 13.0 Å². The fourth-order valence-corrected chi connectivity index (χ4v) is 1.77. The fourth-order valence-electron chi connectivity index (χ4n) is 1.59. The second-order valence-electron chi connectivity index (χ2n) is 4.36. The maximum absolute atomic E-state index is 13.0. The van der Waals surface area contributed by atoms with Crippen LogP contribution >= 0.6 is 11.6 Å². The average molecular weight is 325 g/mol. The minimum Gasteiger partial charge on any atom is -0.383 e. The summed E-state index contributed by atoms with van der Waals surface area (Å²) < 4.78 is 55.0. The first-order chi connectivity index (χ1) is 9.70. The lowest BCUT2D eigenvalue weighted by molar-refractivity contribution is -0.210. The monoisotopic (exact) mass is 324 g/mol. The molecule has 1 aromatic carbocycles. The minimum absolute atomic E-state index is 0.0480. The molecule has 0 aliphatic rings. The molecule has 1 heterocycles. The summed E-state index contributed by atoms with van der Waals surface area (Å²) in [7, 11) is 0. The molecule has 0 fully saturated rings. The van der Waals surface area contributed by atoms with Crippen LogP contribution in [0.15, 0.2) is 22.7 Å². The lowest BCUT2D eigenvalue weighted by Crippen LogP contribution is -2.33. The van der Waals surface area contributed by atoms with Crippen molar-refractivity contribution in [3.63, 3.8) is 0 Å². The number of benzene rings is 1. The normalized spacial score (nSPS) is 15.0. The van der Waals surface area contributed by atoms with Gasteiger partial charge in [0.2, 0.25) is 11.7 Å². The zero-order chi connectivity index (χ0) is 15.8. The van der Waals surface area contributed by atoms with Crippen molar-refractivity contribution in [1.29, 1.82) is 0 Å². The van der Waals surface area contributed by atoms with Crippen molar-refractivity contribution < 1.29 is 27.2 Å². The molecule has 2 unspecified atom stereocenters. The molecule has 0 aliphatic heterocycles. The molecule has 4 nitrogen and oxygen atoms in total. The van der Waals surface area contributed by atoms with Crippen LogP contribution < -0.4 is 0 Å². The molecule has 2 rings (SSSR count). The molecule has 1 aromatic heterocycles. The van der Waals surface area contributed by atoms with Crippen molar-refractivity contribution >= 4 is 11.6 Å². The summed E-state index contributed by atoms with van der Waals surface area (Å²) in [6, 6.07) is 3.60. The Bertz CT molecular complexity index is 644. The zero-order valence-electron chi connectivity index (χ0n) is 10.5. The van der Waals surface area contributed by atoms with Crippen LogP contribution in [0.25, 0.3) is 11.4 Å². The highest BCUT2D eigenvalue weighted by Gasteiger charge is 2.44. The van der Waals surface area contributed by atoms with Crippen LogP contribution in [0.2, 0.25) is 5.02 Å². The van der Waals surface area contributed by atoms with Crippen molar-refractivity contribution in [1.82, 2.24) is 10.1 Å². The van der Waals surface area contributed by atoms with Gasteiger partial charge in [-0.05, 0) is 18.2 Å². The van der Waals surface area contributed by atoms with E-state index in [1.807, 2.05) is 0 Å². The predicted molar refractivity (Wildman–Crippen MR) is 65.2 cm³/mol. The molecule has 2 aromatic rings. The van der Waals surface area contributed by atoms with E-state index in [-0.39, 0.29) is 22.3 Å². The van der Waals surface area contributed by atoms with Gasteiger partial charge >= 0.3 is 6.18 Å².